The summed E-state index contributed by atoms with van der Waals surface area (Å²) in [5, 5.41) is 7.49. The SMILES string of the molecule is CC(C)COC(=O)c1ccc(NC(=O)COC(=O)CCCC(=O)Nc2ccc(Oc3cccc4ccccc34)cc2)cc1. The molecular weight excluding hydrogens is 548 g/mol. The summed E-state index contributed by atoms with van der Waals surface area (Å²) in [5.41, 5.74) is 1.43. The van der Waals surface area contributed by atoms with E-state index in [2.05, 4.69) is 10.6 Å². The van der Waals surface area contributed by atoms with Crippen molar-refractivity contribution in [2.24, 2.45) is 5.92 Å². The van der Waals surface area contributed by atoms with Crippen LogP contribution in [0.15, 0.2) is 91.0 Å². The van der Waals surface area contributed by atoms with Crippen LogP contribution in [0.5, 0.6) is 11.5 Å². The third-order valence-electron chi connectivity index (χ3n) is 6.22. The molecule has 9 heteroatoms. The number of hydrogen-bond donors (Lipinski definition) is 2. The average Bonchev–Trinajstić information content (AvgIpc) is 3.00. The largest absolute Gasteiger partial charge is 0.462 e. The number of carbonyl (C=O) groups excluding carboxylic acids is 4. The maximum atomic E-state index is 12.3. The molecule has 0 aromatic heterocycles. The second kappa shape index (κ2) is 15.2. The molecule has 0 bridgehead atoms. The summed E-state index contributed by atoms with van der Waals surface area (Å²) in [5.74, 6) is -0.169. The van der Waals surface area contributed by atoms with Gasteiger partial charge in [-0.15, -0.1) is 0 Å². The fourth-order valence-corrected chi connectivity index (χ4v) is 4.07. The molecule has 0 radical (unpaired) electrons. The van der Waals surface area contributed by atoms with E-state index < -0.39 is 24.5 Å². The Balaban J connectivity index is 1.12. The third kappa shape index (κ3) is 9.71. The molecule has 222 valence electrons. The lowest BCUT2D eigenvalue weighted by atomic mass is 10.1. The Bertz CT molecular complexity index is 1560. The Morgan fingerprint density at radius 2 is 1.35 bits per heavy atom. The van der Waals surface area contributed by atoms with Crippen molar-refractivity contribution in [3.8, 4) is 11.5 Å². The zero-order valence-electron chi connectivity index (χ0n) is 24.1. The van der Waals surface area contributed by atoms with E-state index in [9.17, 15) is 19.2 Å². The minimum absolute atomic E-state index is 0.00824. The lowest BCUT2D eigenvalue weighted by molar-refractivity contribution is -0.147. The lowest BCUT2D eigenvalue weighted by Gasteiger charge is -2.10. The second-order valence-electron chi connectivity index (χ2n) is 10.3. The summed E-state index contributed by atoms with van der Waals surface area (Å²) in [6.45, 7) is 3.75. The van der Waals surface area contributed by atoms with E-state index in [4.69, 9.17) is 14.2 Å². The van der Waals surface area contributed by atoms with Gasteiger partial charge >= 0.3 is 11.9 Å². The Labute approximate surface area is 250 Å². The van der Waals surface area contributed by atoms with Crippen LogP contribution in [0.2, 0.25) is 0 Å². The van der Waals surface area contributed by atoms with E-state index in [-0.39, 0.29) is 31.1 Å². The first-order valence-corrected chi connectivity index (χ1v) is 14.0. The number of benzene rings is 4. The molecule has 43 heavy (non-hydrogen) atoms. The highest BCUT2D eigenvalue weighted by atomic mass is 16.5. The third-order valence-corrected chi connectivity index (χ3v) is 6.22. The topological polar surface area (TPSA) is 120 Å². The van der Waals surface area contributed by atoms with E-state index in [0.717, 1.165) is 16.5 Å². The molecule has 2 amide bonds. The van der Waals surface area contributed by atoms with E-state index in [1.807, 2.05) is 56.3 Å². The van der Waals surface area contributed by atoms with Crippen molar-refractivity contribution in [2.75, 3.05) is 23.8 Å². The Morgan fingerprint density at radius 3 is 2.07 bits per heavy atom. The van der Waals surface area contributed by atoms with Gasteiger partial charge in [0.25, 0.3) is 5.91 Å². The normalized spacial score (nSPS) is 10.7. The monoisotopic (exact) mass is 582 g/mol. The fraction of sp³-hybridized carbons (Fsp3) is 0.235. The molecule has 0 saturated carbocycles. The summed E-state index contributed by atoms with van der Waals surface area (Å²) in [7, 11) is 0. The number of amides is 2. The molecule has 0 heterocycles. The van der Waals surface area contributed by atoms with Crippen molar-refractivity contribution >= 4 is 45.9 Å². The first kappa shape index (κ1) is 30.8. The zero-order valence-corrected chi connectivity index (χ0v) is 24.1. The molecular formula is C34H34N2O7. The van der Waals surface area contributed by atoms with Crippen LogP contribution in [0.3, 0.4) is 0 Å². The van der Waals surface area contributed by atoms with E-state index in [1.165, 1.54) is 0 Å². The summed E-state index contributed by atoms with van der Waals surface area (Å²) in [6.07, 6.45) is 0.371. The molecule has 0 fully saturated rings. The van der Waals surface area contributed by atoms with Crippen LogP contribution in [0, 0.1) is 5.92 Å². The molecule has 0 atom stereocenters. The fourth-order valence-electron chi connectivity index (χ4n) is 4.07. The van der Waals surface area contributed by atoms with Crippen LogP contribution in [-0.4, -0.2) is 37.0 Å². The number of esters is 2. The van der Waals surface area contributed by atoms with Gasteiger partial charge in [0.1, 0.15) is 11.5 Å². The van der Waals surface area contributed by atoms with Crippen molar-refractivity contribution in [2.45, 2.75) is 33.1 Å². The first-order valence-electron chi connectivity index (χ1n) is 14.0. The highest BCUT2D eigenvalue weighted by molar-refractivity contribution is 5.94. The second-order valence-corrected chi connectivity index (χ2v) is 10.3. The molecule has 0 aliphatic carbocycles. The van der Waals surface area contributed by atoms with Crippen molar-refractivity contribution < 1.29 is 33.4 Å². The summed E-state index contributed by atoms with van der Waals surface area (Å²) < 4.78 is 16.2. The maximum Gasteiger partial charge on any atom is 0.338 e. The van der Waals surface area contributed by atoms with Gasteiger partial charge in [0, 0.05) is 29.6 Å². The minimum Gasteiger partial charge on any atom is -0.462 e. The van der Waals surface area contributed by atoms with Gasteiger partial charge in [-0.2, -0.15) is 0 Å². The van der Waals surface area contributed by atoms with E-state index in [0.29, 0.717) is 29.3 Å². The summed E-state index contributed by atoms with van der Waals surface area (Å²) in [4.78, 5) is 48.5. The Morgan fingerprint density at radius 1 is 0.698 bits per heavy atom. The number of nitrogens with one attached hydrogen (secondary N) is 2. The summed E-state index contributed by atoms with van der Waals surface area (Å²) in [6, 6.07) is 27.1. The van der Waals surface area contributed by atoms with Gasteiger partial charge in [-0.25, -0.2) is 4.79 Å². The number of carbonyl (C=O) groups is 4. The van der Waals surface area contributed by atoms with Gasteiger partial charge in [0.15, 0.2) is 6.61 Å². The number of rotatable bonds is 13. The van der Waals surface area contributed by atoms with Crippen molar-refractivity contribution in [3.05, 3.63) is 96.6 Å². The quantitative estimate of drug-likeness (QED) is 0.168. The lowest BCUT2D eigenvalue weighted by Crippen LogP contribution is -2.21. The van der Waals surface area contributed by atoms with Crippen LogP contribution in [0.25, 0.3) is 10.8 Å². The minimum atomic E-state index is -0.582. The Kier molecular flexibility index (Phi) is 10.9. The number of fused-ring (bicyclic) bond motifs is 1. The van der Waals surface area contributed by atoms with Crippen LogP contribution in [0.4, 0.5) is 11.4 Å². The van der Waals surface area contributed by atoms with Gasteiger partial charge in [0.2, 0.25) is 5.91 Å². The molecule has 0 unspecified atom stereocenters. The van der Waals surface area contributed by atoms with E-state index >= 15 is 0 Å². The predicted octanol–water partition coefficient (Wildman–Crippen LogP) is 6.74. The van der Waals surface area contributed by atoms with Crippen molar-refractivity contribution in [3.63, 3.8) is 0 Å². The molecule has 2 N–H and O–H groups in total. The average molecular weight is 583 g/mol. The Hall–Kier alpha value is -5.18. The van der Waals surface area contributed by atoms with E-state index in [1.54, 1.807) is 48.5 Å². The molecule has 0 aliphatic rings. The molecule has 0 aliphatic heterocycles. The molecule has 0 spiro atoms. The van der Waals surface area contributed by atoms with Crippen molar-refractivity contribution in [1.82, 2.24) is 0 Å². The maximum absolute atomic E-state index is 12.3. The molecule has 0 saturated heterocycles. The van der Waals surface area contributed by atoms with Gasteiger partial charge in [0.05, 0.1) is 12.2 Å². The standard InChI is InChI=1S/C34H34N2O7/c1-23(2)21-42-34(40)25-13-15-26(16-14-25)36-32(38)22-41-33(39)12-6-11-31(37)35-27-17-19-28(20-18-27)43-30-10-5-8-24-7-3-4-9-29(24)30/h3-5,7-10,13-20,23H,6,11-12,21-22H2,1-2H3,(H,35,37)(H,36,38). The highest BCUT2D eigenvalue weighted by Gasteiger charge is 2.12. The van der Waals surface area contributed by atoms with Gasteiger partial charge < -0.3 is 24.8 Å². The number of hydrogen-bond acceptors (Lipinski definition) is 7. The van der Waals surface area contributed by atoms with Gasteiger partial charge in [-0.05, 0) is 72.3 Å². The number of anilines is 2. The van der Waals surface area contributed by atoms with Crippen LogP contribution >= 0.6 is 0 Å². The van der Waals surface area contributed by atoms with Crippen LogP contribution in [0.1, 0.15) is 43.5 Å². The molecule has 9 nitrogen and oxygen atoms in total. The van der Waals surface area contributed by atoms with Crippen molar-refractivity contribution in [1.29, 1.82) is 0 Å². The summed E-state index contributed by atoms with van der Waals surface area (Å²) >= 11 is 0. The zero-order chi connectivity index (χ0) is 30.6. The molecule has 4 aromatic carbocycles. The van der Waals surface area contributed by atoms with Crippen LogP contribution in [-0.2, 0) is 23.9 Å². The molecule has 4 aromatic rings. The molecule has 4 rings (SSSR count). The smallest absolute Gasteiger partial charge is 0.338 e. The van der Waals surface area contributed by atoms with Gasteiger partial charge in [-0.3, -0.25) is 14.4 Å². The number of ether oxygens (including phenoxy) is 3. The highest BCUT2D eigenvalue weighted by Crippen LogP contribution is 2.30. The first-order chi connectivity index (χ1) is 20.8. The predicted molar refractivity (Wildman–Crippen MR) is 164 cm³/mol. The van der Waals surface area contributed by atoms with Crippen LogP contribution < -0.4 is 15.4 Å². The van der Waals surface area contributed by atoms with Gasteiger partial charge in [-0.1, -0.05) is 50.2 Å².